The third kappa shape index (κ3) is 78.1. The zero-order chi connectivity index (χ0) is 16.3. The summed E-state index contributed by atoms with van der Waals surface area (Å²) < 4.78 is 6.70. The van der Waals surface area contributed by atoms with Crippen molar-refractivity contribution in [1.29, 1.82) is 0.594 Å². The fourth-order valence-electron chi connectivity index (χ4n) is 0.102. The fraction of sp³-hybridized carbons (Fsp3) is 0.500. The van der Waals surface area contributed by atoms with Crippen molar-refractivity contribution in [2.24, 2.45) is 0 Å². The monoisotopic (exact) mass is 389 g/mol. The molecule has 1 atom stereocenters. The summed E-state index contributed by atoms with van der Waals surface area (Å²) in [4.78, 5) is 21.0. The third-order valence-corrected chi connectivity index (χ3v) is 0.829. The van der Waals surface area contributed by atoms with Crippen LogP contribution in [0.25, 0.3) is 0 Å². The van der Waals surface area contributed by atoms with Gasteiger partial charge in [0.15, 0.2) is 0 Å². The van der Waals surface area contributed by atoms with Crippen LogP contribution in [0.2, 0.25) is 0 Å². The molecule has 0 aliphatic carbocycles. The molecule has 0 rings (SSSR count). The first kappa shape index (κ1) is 22.6. The summed E-state index contributed by atoms with van der Waals surface area (Å²) in [6, 6.07) is 0. The van der Waals surface area contributed by atoms with Gasteiger partial charge in [0, 0.05) is 18.9 Å². The number of aliphatic hydroxyl groups is 1. The number of carbonyl (C=O) groups excluding carboxylic acids is 1. The number of rotatable bonds is 2. The minimum atomic E-state index is -1.22. The van der Waals surface area contributed by atoms with Gasteiger partial charge in [0.2, 0.25) is 5.78 Å². The molecule has 18 heavy (non-hydrogen) atoms. The van der Waals surface area contributed by atoms with Gasteiger partial charge < -0.3 is 10.2 Å². The van der Waals surface area contributed by atoms with E-state index in [0.717, 1.165) is 6.42 Å². The zero-order valence-corrected chi connectivity index (χ0v) is 14.3. The van der Waals surface area contributed by atoms with E-state index in [1.165, 1.54) is 5.92 Å². The Morgan fingerprint density at radius 3 is 1.67 bits per heavy atom. The van der Waals surface area contributed by atoms with Crippen LogP contribution in [0.4, 0.5) is 0 Å². The number of carbonyl (C=O) groups is 2. The second kappa shape index (κ2) is 29.9. The minimum absolute atomic E-state index is 0.130. The number of aliphatic hydroxyl groups excluding tert-OH is 1. The Labute approximate surface area is 122 Å². The summed E-state index contributed by atoms with van der Waals surface area (Å²) in [5.41, 5.74) is 0. The summed E-state index contributed by atoms with van der Waals surface area (Å²) in [6.45, 7) is 6.47. The van der Waals surface area contributed by atoms with E-state index in [9.17, 15) is 4.79 Å². The predicted molar refractivity (Wildman–Crippen MR) is 89.0 cm³/mol. The molecule has 0 amide bonds. The van der Waals surface area contributed by atoms with Crippen molar-refractivity contribution in [2.75, 3.05) is 11.5 Å². The first-order valence-electron chi connectivity index (χ1n) is 5.27. The van der Waals surface area contributed by atoms with Gasteiger partial charge in [-0.05, 0) is 12.3 Å². The number of aliphatic carboxylic acids is 1. The van der Waals surface area contributed by atoms with E-state index in [2.05, 4.69) is 19.7 Å². The van der Waals surface area contributed by atoms with Crippen LogP contribution in [0.15, 0.2) is 0 Å². The summed E-state index contributed by atoms with van der Waals surface area (Å²) in [5, 5.41) is 15.4. The van der Waals surface area contributed by atoms with Crippen LogP contribution >= 0.6 is 27.3 Å². The third-order valence-electron chi connectivity index (χ3n) is 0.829. The Hall–Kier alpha value is -0.620. The molecule has 0 aromatic carbocycles. The molecule has 0 aliphatic heterocycles. The van der Waals surface area contributed by atoms with Crippen LogP contribution in [0.3, 0.4) is 0 Å². The topological polar surface area (TPSA) is 74.6 Å². The van der Waals surface area contributed by atoms with E-state index in [0.29, 0.717) is 13.0 Å². The van der Waals surface area contributed by atoms with Crippen molar-refractivity contribution in [3.05, 3.63) is 0 Å². The van der Waals surface area contributed by atoms with Crippen molar-refractivity contribution in [2.45, 2.75) is 26.7 Å². The van der Waals surface area contributed by atoms with E-state index in [-0.39, 0.29) is 5.78 Å². The summed E-state index contributed by atoms with van der Waals surface area (Å²) in [5.74, 6) is 2.07. The van der Waals surface area contributed by atoms with Gasteiger partial charge in [-0.2, -0.15) is 0 Å². The maximum atomic E-state index is 9.94. The van der Waals surface area contributed by atoms with Crippen molar-refractivity contribution in [1.82, 2.24) is 0 Å². The predicted octanol–water partition coefficient (Wildman–Crippen LogP) is 1.80. The van der Waals surface area contributed by atoms with Crippen molar-refractivity contribution >= 4 is 39.1 Å². The second-order valence-corrected chi connectivity index (χ2v) is 6.49. The molecule has 0 heterocycles. The van der Waals surface area contributed by atoms with Gasteiger partial charge in [-0.3, -0.25) is 4.79 Å². The molecule has 0 aromatic heterocycles. The molecule has 0 fully saturated rings. The van der Waals surface area contributed by atoms with Crippen LogP contribution in [0.5, 0.6) is 0 Å². The van der Waals surface area contributed by atoms with Crippen LogP contribution < -0.4 is 0 Å². The van der Waals surface area contributed by atoms with Crippen molar-refractivity contribution in [3.8, 4) is 24.7 Å². The second-order valence-electron chi connectivity index (χ2n) is 2.31. The Morgan fingerprint density at radius 2 is 1.67 bits per heavy atom. The Bertz CT molecular complexity index is 290. The molecule has 1 unspecified atom stereocenters. The van der Waals surface area contributed by atoms with Crippen molar-refractivity contribution in [3.63, 3.8) is 0 Å². The molecule has 0 radical (unpaired) electrons. The molecule has 0 aromatic rings. The van der Waals surface area contributed by atoms with Crippen LogP contribution in [0.1, 0.15) is 26.7 Å². The first-order valence-corrected chi connectivity index (χ1v) is 11.2. The van der Waals surface area contributed by atoms with E-state index in [1.807, 2.05) is 17.8 Å². The first-order chi connectivity index (χ1) is 8.72. The molecular weight excluding hydrogens is 366 g/mol. The van der Waals surface area contributed by atoms with Gasteiger partial charge in [-0.1, -0.05) is 13.8 Å². The summed E-state index contributed by atoms with van der Waals surface area (Å²) >= 11 is -1.10. The zero-order valence-electron chi connectivity index (χ0n) is 11.9. The van der Waals surface area contributed by atoms with Crippen LogP contribution in [-0.2, 0) is 9.59 Å². The number of alkyl halides is 1. The normalized spacial score (nSPS) is 7.94. The number of ketones is 1. The number of hydrogen-bond acceptors (Lipinski definition) is 3. The van der Waals surface area contributed by atoms with Gasteiger partial charge in [-0.25, -0.2) is 4.79 Å². The summed E-state index contributed by atoms with van der Waals surface area (Å²) in [6.07, 6.45) is 10.3. The fourth-order valence-corrected chi connectivity index (χ4v) is 0.102. The van der Waals surface area contributed by atoms with Crippen LogP contribution in [0, 0.1) is 24.7 Å². The number of carboxylic acid groups (broad SMARTS) is 1. The van der Waals surface area contributed by atoms with Gasteiger partial charge in [0.1, 0.15) is 0 Å². The molecule has 0 saturated heterocycles. The molecule has 0 saturated carbocycles. The number of terminal acetylenes is 2. The average Bonchev–Trinajstić information content (AvgIpc) is 2.38. The Morgan fingerprint density at radius 1 is 1.39 bits per heavy atom. The molecule has 4 nitrogen and oxygen atoms in total. The number of carboxylic acids is 1. The average molecular weight is 389 g/mol. The Balaban J connectivity index is -0.0000000803. The van der Waals surface area contributed by atoms with Gasteiger partial charge in [0.05, 0.1) is 0 Å². The van der Waals surface area contributed by atoms with Gasteiger partial charge in [0.25, 0.3) is 0 Å². The van der Waals surface area contributed by atoms with Gasteiger partial charge in [-0.15, -0.1) is 12.8 Å². The summed E-state index contributed by atoms with van der Waals surface area (Å²) in [7, 11) is 0. The van der Waals surface area contributed by atoms with Crippen LogP contribution in [-0.4, -0.2) is 34.1 Å². The van der Waals surface area contributed by atoms with E-state index in [4.69, 9.17) is 15.6 Å². The molecule has 0 spiro atoms. The van der Waals surface area contributed by atoms with E-state index >= 15 is 0 Å². The molecule has 0 bridgehead atoms. The van der Waals surface area contributed by atoms with E-state index < -0.39 is 26.4 Å². The maximum absolute atomic E-state index is 9.94. The molecule has 0 aliphatic rings. The van der Waals surface area contributed by atoms with Gasteiger partial charge >= 0.3 is 38.8 Å². The quantitative estimate of drug-likeness (QED) is 0.248. The number of hydrogen-bond donors (Lipinski definition) is 2. The van der Waals surface area contributed by atoms with E-state index in [1.54, 1.807) is 6.92 Å². The standard InChI is InChI=1S/C5H6O.C3H2O2.C3H8O.CH6IP/c1-3-5(6)4-2;1-2-3(4)5;1-2-3-4;1-2-3/h1H,4H2,2H3;1H,(H,4,5);4H,2-3H2,1H3;2H,3H2,1H3/i;;;2D. The van der Waals surface area contributed by atoms with Crippen molar-refractivity contribution < 1.29 is 19.8 Å². The number of Topliss-reactive ketones (excluding diaryl/α,β-unsaturated/α-hetero) is 1. The Kier molecular flexibility index (Phi) is 37.5. The SMILES string of the molecule is C#CC(=O)CC.C#CC(=O)O.CCCO.[2H]I(C)P. The molecular formula is C12H22IO4P. The molecule has 106 valence electrons. The number of halogens is 1. The molecule has 2 N–H and O–H groups in total. The molecule has 6 heteroatoms.